The lowest BCUT2D eigenvalue weighted by molar-refractivity contribution is -0.143. The van der Waals surface area contributed by atoms with Crippen LogP contribution in [-0.4, -0.2) is 34.7 Å². The molecule has 0 aliphatic heterocycles. The van der Waals surface area contributed by atoms with E-state index >= 15 is 0 Å². The van der Waals surface area contributed by atoms with Crippen LogP contribution in [0.2, 0.25) is 0 Å². The van der Waals surface area contributed by atoms with Crippen LogP contribution in [0.1, 0.15) is 11.1 Å². The van der Waals surface area contributed by atoms with Gasteiger partial charge in [-0.1, -0.05) is 48.6 Å². The summed E-state index contributed by atoms with van der Waals surface area (Å²) in [6.07, 6.45) is 5.20. The van der Waals surface area contributed by atoms with Crippen LogP contribution in [0.3, 0.4) is 0 Å². The Morgan fingerprint density at radius 1 is 0.913 bits per heavy atom. The highest BCUT2D eigenvalue weighted by atomic mass is 16.4. The highest BCUT2D eigenvalue weighted by molar-refractivity contribution is 6.19. The Labute approximate surface area is 131 Å². The normalized spacial score (nSPS) is 10.4. The van der Waals surface area contributed by atoms with E-state index in [1.54, 1.807) is 0 Å². The van der Waals surface area contributed by atoms with E-state index in [1.807, 2.05) is 0 Å². The van der Waals surface area contributed by atoms with E-state index in [2.05, 4.69) is 48.6 Å². The van der Waals surface area contributed by atoms with E-state index in [4.69, 9.17) is 29.4 Å². The van der Waals surface area contributed by atoms with E-state index < -0.39 is 11.9 Å². The molecule has 0 atom stereocenters. The number of aldehydes is 2. The van der Waals surface area contributed by atoms with Crippen LogP contribution in [0.4, 0.5) is 0 Å². The summed E-state index contributed by atoms with van der Waals surface area (Å²) in [5.41, 5.74) is 2.81. The number of carboxylic acid groups (broad SMARTS) is 2. The fourth-order valence-electron chi connectivity index (χ4n) is 2.07. The fourth-order valence-corrected chi connectivity index (χ4v) is 2.07. The zero-order valence-corrected chi connectivity index (χ0v) is 12.0. The smallest absolute Gasteiger partial charge is 0.368 e. The second-order valence-corrected chi connectivity index (χ2v) is 4.38. The van der Waals surface area contributed by atoms with E-state index in [0.29, 0.717) is 0 Å². The lowest BCUT2D eigenvalue weighted by Crippen LogP contribution is -1.91. The molecule has 0 fully saturated rings. The Morgan fingerprint density at radius 3 is 1.96 bits per heavy atom. The minimum atomic E-state index is -1.43. The molecular formula is C17H14O6. The number of carbonyl (C=O) groups excluding carboxylic acids is 2. The summed E-state index contributed by atoms with van der Waals surface area (Å²) in [5.74, 6) is -2.85. The number of hydrogen-bond donors (Lipinski definition) is 2. The Morgan fingerprint density at radius 2 is 1.43 bits per heavy atom. The van der Waals surface area contributed by atoms with Crippen molar-refractivity contribution in [3.63, 3.8) is 0 Å². The fraction of sp³-hybridized carbons (Fsp3) is 0.0588. The van der Waals surface area contributed by atoms with Gasteiger partial charge in [-0.25, -0.2) is 9.59 Å². The largest absolute Gasteiger partial charge is 0.476 e. The van der Waals surface area contributed by atoms with Crippen LogP contribution in [0, 0.1) is 0 Å². The van der Waals surface area contributed by atoms with Crippen molar-refractivity contribution in [3.05, 3.63) is 53.6 Å². The molecule has 2 aromatic carbocycles. The molecular weight excluding hydrogens is 300 g/mol. The van der Waals surface area contributed by atoms with Gasteiger partial charge in [0, 0.05) is 0 Å². The van der Waals surface area contributed by atoms with Gasteiger partial charge in [0.25, 0.3) is 0 Å². The third kappa shape index (κ3) is 5.55. The third-order valence-corrected chi connectivity index (χ3v) is 2.86. The van der Waals surface area contributed by atoms with Crippen LogP contribution >= 0.6 is 0 Å². The topological polar surface area (TPSA) is 109 Å². The first-order valence-electron chi connectivity index (χ1n) is 6.53. The summed E-state index contributed by atoms with van der Waals surface area (Å²) in [6.45, 7) is 0. The molecule has 2 aromatic rings. The molecule has 0 radical (unpaired) electrons. The molecule has 0 unspecified atom stereocenters. The van der Waals surface area contributed by atoms with Crippen molar-refractivity contribution in [2.45, 2.75) is 6.42 Å². The highest BCUT2D eigenvalue weighted by Crippen LogP contribution is 2.27. The summed E-state index contributed by atoms with van der Waals surface area (Å²) in [4.78, 5) is 35.8. The Balaban J connectivity index is 0.000000224. The van der Waals surface area contributed by atoms with Crippen molar-refractivity contribution >= 4 is 41.4 Å². The van der Waals surface area contributed by atoms with Gasteiger partial charge < -0.3 is 10.2 Å². The van der Waals surface area contributed by atoms with Gasteiger partial charge in [-0.2, -0.15) is 0 Å². The van der Waals surface area contributed by atoms with Gasteiger partial charge >= 0.3 is 11.9 Å². The number of carbonyl (C=O) groups is 4. The molecule has 0 saturated heterocycles. The van der Waals surface area contributed by atoms with Gasteiger partial charge in [-0.15, -0.1) is 0 Å². The summed E-state index contributed by atoms with van der Waals surface area (Å²) in [5, 5.41) is 17.5. The maximum Gasteiger partial charge on any atom is 0.368 e. The van der Waals surface area contributed by atoms with E-state index in [9.17, 15) is 0 Å². The molecule has 2 N–H and O–H groups in total. The molecule has 0 bridgehead atoms. The molecule has 0 heterocycles. The zero-order valence-electron chi connectivity index (χ0n) is 12.0. The molecule has 6 heteroatoms. The van der Waals surface area contributed by atoms with Gasteiger partial charge in [0.05, 0.1) is 0 Å². The molecule has 1 aliphatic carbocycles. The SMILES string of the molecule is C1=Cc2cccc3cccc(c23)C1.O=CC(=O)O.O=CC(=O)O. The molecule has 6 nitrogen and oxygen atoms in total. The van der Waals surface area contributed by atoms with Gasteiger partial charge in [0.1, 0.15) is 0 Å². The number of hydrogen-bond acceptors (Lipinski definition) is 4. The van der Waals surface area contributed by atoms with Crippen molar-refractivity contribution in [1.82, 2.24) is 0 Å². The number of benzene rings is 2. The van der Waals surface area contributed by atoms with Crippen LogP contribution < -0.4 is 0 Å². The molecule has 0 amide bonds. The maximum absolute atomic E-state index is 9.00. The molecule has 0 aromatic heterocycles. The summed E-state index contributed by atoms with van der Waals surface area (Å²) < 4.78 is 0. The molecule has 0 saturated carbocycles. The predicted molar refractivity (Wildman–Crippen MR) is 84.1 cm³/mol. The summed E-state index contributed by atoms with van der Waals surface area (Å²) >= 11 is 0. The molecule has 0 spiro atoms. The number of rotatable bonds is 2. The maximum atomic E-state index is 9.00. The first-order valence-corrected chi connectivity index (χ1v) is 6.53. The average molecular weight is 314 g/mol. The van der Waals surface area contributed by atoms with E-state index in [-0.39, 0.29) is 12.6 Å². The number of allylic oxidation sites excluding steroid dienone is 1. The van der Waals surface area contributed by atoms with Gasteiger partial charge in [-0.05, 0) is 28.3 Å². The standard InChI is InChI=1S/C13H10.2C2H2O3/c1-4-10-6-2-8-12-9-3-7-11(5-1)13(10)12;2*3-1-2(4)5/h1-8H,9H2;2*1H,(H,4,5). The minimum absolute atomic E-state index is 0.167. The molecule has 3 rings (SSSR count). The number of carboxylic acids is 2. The average Bonchev–Trinajstić information content (AvgIpc) is 2.57. The Bertz CT molecular complexity index is 738. The third-order valence-electron chi connectivity index (χ3n) is 2.86. The number of aliphatic carboxylic acids is 2. The van der Waals surface area contributed by atoms with Crippen molar-refractivity contribution < 1.29 is 29.4 Å². The molecule has 1 aliphatic rings. The predicted octanol–water partition coefficient (Wildman–Crippen LogP) is 1.95. The molecule has 23 heavy (non-hydrogen) atoms. The van der Waals surface area contributed by atoms with Crippen molar-refractivity contribution in [2.24, 2.45) is 0 Å². The van der Waals surface area contributed by atoms with Crippen LogP contribution in [-0.2, 0) is 25.6 Å². The first-order chi connectivity index (χ1) is 11.0. The van der Waals surface area contributed by atoms with E-state index in [1.165, 1.54) is 21.9 Å². The van der Waals surface area contributed by atoms with Gasteiger partial charge in [0.15, 0.2) is 0 Å². The monoisotopic (exact) mass is 314 g/mol. The van der Waals surface area contributed by atoms with Crippen LogP contribution in [0.15, 0.2) is 42.5 Å². The Hall–Kier alpha value is -3.28. The summed E-state index contributed by atoms with van der Waals surface area (Å²) in [6, 6.07) is 13.0. The molecule has 118 valence electrons. The zero-order chi connectivity index (χ0) is 17.2. The van der Waals surface area contributed by atoms with Crippen LogP contribution in [0.25, 0.3) is 16.8 Å². The first kappa shape index (κ1) is 17.8. The second-order valence-electron chi connectivity index (χ2n) is 4.38. The van der Waals surface area contributed by atoms with Crippen LogP contribution in [0.5, 0.6) is 0 Å². The van der Waals surface area contributed by atoms with Gasteiger partial charge in [0.2, 0.25) is 12.6 Å². The van der Waals surface area contributed by atoms with Crippen molar-refractivity contribution in [3.8, 4) is 0 Å². The lowest BCUT2D eigenvalue weighted by atomic mass is 9.93. The Kier molecular flexibility index (Phi) is 6.87. The highest BCUT2D eigenvalue weighted by Gasteiger charge is 2.06. The second kappa shape index (κ2) is 8.89. The quantitative estimate of drug-likeness (QED) is 0.648. The van der Waals surface area contributed by atoms with Crippen molar-refractivity contribution in [1.29, 1.82) is 0 Å². The minimum Gasteiger partial charge on any atom is -0.476 e. The van der Waals surface area contributed by atoms with E-state index in [0.717, 1.165) is 6.42 Å². The van der Waals surface area contributed by atoms with Gasteiger partial charge in [-0.3, -0.25) is 9.59 Å². The lowest BCUT2D eigenvalue weighted by Gasteiger charge is -2.11. The van der Waals surface area contributed by atoms with Crippen molar-refractivity contribution in [2.75, 3.05) is 0 Å². The summed E-state index contributed by atoms with van der Waals surface area (Å²) in [7, 11) is 0.